The molecule has 0 aliphatic heterocycles. The van der Waals surface area contributed by atoms with Gasteiger partial charge in [-0.05, 0) is 36.8 Å². The first-order chi connectivity index (χ1) is 11.3. The van der Waals surface area contributed by atoms with Crippen LogP contribution in [0.2, 0.25) is 0 Å². The molecular formula is C19H29NO4. The van der Waals surface area contributed by atoms with Crippen LogP contribution in [-0.2, 0) is 19.1 Å². The van der Waals surface area contributed by atoms with Crippen molar-refractivity contribution in [1.82, 2.24) is 0 Å². The van der Waals surface area contributed by atoms with E-state index in [0.717, 1.165) is 16.8 Å². The summed E-state index contributed by atoms with van der Waals surface area (Å²) >= 11 is 0. The molecule has 0 amide bonds. The van der Waals surface area contributed by atoms with E-state index >= 15 is 0 Å². The number of nitrogens with one attached hydrogen (secondary N) is 1. The predicted octanol–water partition coefficient (Wildman–Crippen LogP) is 3.84. The van der Waals surface area contributed by atoms with Crippen LogP contribution in [0.15, 0.2) is 18.2 Å². The standard InChI is InChI=1S/C19H29NO4/c1-7-23-18(21)17(19(22)24-8-2)20-16-14(12(3)4)10-9-11-15(16)13(5)6/h9-13,17,20H,7-8H2,1-6H3. The maximum absolute atomic E-state index is 12.2. The molecule has 0 aliphatic carbocycles. The van der Waals surface area contributed by atoms with Gasteiger partial charge in [0.25, 0.3) is 0 Å². The Kier molecular flexibility index (Phi) is 7.75. The fourth-order valence-corrected chi connectivity index (χ4v) is 2.53. The Labute approximate surface area is 144 Å². The fraction of sp³-hybridized carbons (Fsp3) is 0.579. The van der Waals surface area contributed by atoms with Crippen molar-refractivity contribution in [3.63, 3.8) is 0 Å². The van der Waals surface area contributed by atoms with E-state index in [1.165, 1.54) is 0 Å². The number of ether oxygens (including phenoxy) is 2. The van der Waals surface area contributed by atoms with Gasteiger partial charge in [-0.1, -0.05) is 45.9 Å². The summed E-state index contributed by atoms with van der Waals surface area (Å²) in [5.74, 6) is -0.749. The highest BCUT2D eigenvalue weighted by atomic mass is 16.6. The topological polar surface area (TPSA) is 64.6 Å². The number of hydrogen-bond acceptors (Lipinski definition) is 5. The predicted molar refractivity (Wildman–Crippen MR) is 95.3 cm³/mol. The maximum Gasteiger partial charge on any atom is 0.340 e. The van der Waals surface area contributed by atoms with Crippen LogP contribution in [-0.4, -0.2) is 31.2 Å². The van der Waals surface area contributed by atoms with Crippen molar-refractivity contribution in [2.45, 2.75) is 59.4 Å². The van der Waals surface area contributed by atoms with Crippen LogP contribution >= 0.6 is 0 Å². The van der Waals surface area contributed by atoms with Crippen LogP contribution in [0.4, 0.5) is 5.69 Å². The quantitative estimate of drug-likeness (QED) is 0.577. The van der Waals surface area contributed by atoms with E-state index in [-0.39, 0.29) is 25.0 Å². The lowest BCUT2D eigenvalue weighted by Gasteiger charge is -2.24. The molecule has 0 fully saturated rings. The summed E-state index contributed by atoms with van der Waals surface area (Å²) in [6.07, 6.45) is 0. The Morgan fingerprint density at radius 2 is 1.33 bits per heavy atom. The monoisotopic (exact) mass is 335 g/mol. The molecule has 0 saturated carbocycles. The molecule has 0 atom stereocenters. The maximum atomic E-state index is 12.2. The van der Waals surface area contributed by atoms with Gasteiger partial charge in [-0.2, -0.15) is 0 Å². The van der Waals surface area contributed by atoms with Crippen LogP contribution in [0.25, 0.3) is 0 Å². The third kappa shape index (κ3) is 4.98. The Morgan fingerprint density at radius 1 is 0.917 bits per heavy atom. The van der Waals surface area contributed by atoms with E-state index in [9.17, 15) is 9.59 Å². The number of carbonyl (C=O) groups excluding carboxylic acids is 2. The Bertz CT molecular complexity index is 522. The molecule has 0 unspecified atom stereocenters. The number of para-hydroxylation sites is 1. The molecule has 0 saturated heterocycles. The van der Waals surface area contributed by atoms with E-state index in [2.05, 4.69) is 33.0 Å². The molecule has 0 aliphatic rings. The van der Waals surface area contributed by atoms with Gasteiger partial charge in [0.2, 0.25) is 6.04 Å². The van der Waals surface area contributed by atoms with E-state index in [4.69, 9.17) is 9.47 Å². The summed E-state index contributed by atoms with van der Waals surface area (Å²) in [5, 5.41) is 3.10. The first-order valence-electron chi connectivity index (χ1n) is 8.55. The number of anilines is 1. The summed E-state index contributed by atoms with van der Waals surface area (Å²) in [4.78, 5) is 24.5. The lowest BCUT2D eigenvalue weighted by atomic mass is 9.92. The molecule has 24 heavy (non-hydrogen) atoms. The molecule has 0 radical (unpaired) electrons. The van der Waals surface area contributed by atoms with Gasteiger partial charge in [-0.15, -0.1) is 0 Å². The zero-order valence-electron chi connectivity index (χ0n) is 15.5. The van der Waals surface area contributed by atoms with E-state index in [1.54, 1.807) is 13.8 Å². The highest BCUT2D eigenvalue weighted by Crippen LogP contribution is 2.33. The van der Waals surface area contributed by atoms with Crippen molar-refractivity contribution >= 4 is 17.6 Å². The molecule has 1 aromatic carbocycles. The van der Waals surface area contributed by atoms with Crippen molar-refractivity contribution in [1.29, 1.82) is 0 Å². The normalized spacial score (nSPS) is 11.0. The first-order valence-corrected chi connectivity index (χ1v) is 8.55. The molecule has 0 heterocycles. The van der Waals surface area contributed by atoms with Gasteiger partial charge in [0, 0.05) is 5.69 Å². The lowest BCUT2D eigenvalue weighted by Crippen LogP contribution is -2.40. The molecule has 1 N–H and O–H groups in total. The van der Waals surface area contributed by atoms with Crippen molar-refractivity contribution in [3.8, 4) is 0 Å². The van der Waals surface area contributed by atoms with Gasteiger partial charge in [-0.3, -0.25) is 0 Å². The van der Waals surface area contributed by atoms with Crippen molar-refractivity contribution in [2.24, 2.45) is 0 Å². The molecule has 5 heteroatoms. The fourth-order valence-electron chi connectivity index (χ4n) is 2.53. The SMILES string of the molecule is CCOC(=O)C(Nc1c(C(C)C)cccc1C(C)C)C(=O)OCC. The van der Waals surface area contributed by atoms with Crippen molar-refractivity contribution in [3.05, 3.63) is 29.3 Å². The van der Waals surface area contributed by atoms with Gasteiger partial charge in [0.15, 0.2) is 0 Å². The van der Waals surface area contributed by atoms with Crippen LogP contribution < -0.4 is 5.32 Å². The smallest absolute Gasteiger partial charge is 0.340 e. The molecule has 134 valence electrons. The number of benzene rings is 1. The zero-order chi connectivity index (χ0) is 18.3. The minimum atomic E-state index is -1.16. The summed E-state index contributed by atoms with van der Waals surface area (Å²) in [6.45, 7) is 12.1. The van der Waals surface area contributed by atoms with Gasteiger partial charge in [0.05, 0.1) is 13.2 Å². The highest BCUT2D eigenvalue weighted by Gasteiger charge is 2.31. The van der Waals surface area contributed by atoms with Crippen LogP contribution in [0, 0.1) is 0 Å². The van der Waals surface area contributed by atoms with E-state index < -0.39 is 18.0 Å². The van der Waals surface area contributed by atoms with Crippen LogP contribution in [0.1, 0.15) is 64.5 Å². The van der Waals surface area contributed by atoms with E-state index in [0.29, 0.717) is 0 Å². The highest BCUT2D eigenvalue weighted by molar-refractivity contribution is 6.02. The van der Waals surface area contributed by atoms with Gasteiger partial charge in [0.1, 0.15) is 0 Å². The third-order valence-electron chi connectivity index (χ3n) is 3.71. The van der Waals surface area contributed by atoms with Gasteiger partial charge in [-0.25, -0.2) is 9.59 Å². The summed E-state index contributed by atoms with van der Waals surface area (Å²) in [6, 6.07) is 4.85. The molecule has 5 nitrogen and oxygen atoms in total. The largest absolute Gasteiger partial charge is 0.464 e. The van der Waals surface area contributed by atoms with Gasteiger partial charge < -0.3 is 14.8 Å². The molecule has 1 aromatic rings. The molecule has 0 bridgehead atoms. The minimum absolute atomic E-state index is 0.208. The third-order valence-corrected chi connectivity index (χ3v) is 3.71. The number of carbonyl (C=O) groups is 2. The van der Waals surface area contributed by atoms with Gasteiger partial charge >= 0.3 is 11.9 Å². The average molecular weight is 335 g/mol. The Hall–Kier alpha value is -2.04. The van der Waals surface area contributed by atoms with Crippen LogP contribution in [0.5, 0.6) is 0 Å². The summed E-state index contributed by atoms with van der Waals surface area (Å²) < 4.78 is 10.1. The number of rotatable bonds is 8. The second-order valence-electron chi connectivity index (χ2n) is 6.20. The number of esters is 2. The number of hydrogen-bond donors (Lipinski definition) is 1. The Morgan fingerprint density at radius 3 is 1.67 bits per heavy atom. The Balaban J connectivity index is 3.30. The zero-order valence-corrected chi connectivity index (χ0v) is 15.5. The lowest BCUT2D eigenvalue weighted by molar-refractivity contribution is -0.155. The van der Waals surface area contributed by atoms with E-state index in [1.807, 2.05) is 18.2 Å². The summed E-state index contributed by atoms with van der Waals surface area (Å²) in [7, 11) is 0. The molecule has 0 aromatic heterocycles. The van der Waals surface area contributed by atoms with Crippen molar-refractivity contribution in [2.75, 3.05) is 18.5 Å². The minimum Gasteiger partial charge on any atom is -0.464 e. The van der Waals surface area contributed by atoms with Crippen molar-refractivity contribution < 1.29 is 19.1 Å². The molecular weight excluding hydrogens is 306 g/mol. The first kappa shape index (κ1) is 20.0. The second-order valence-corrected chi connectivity index (χ2v) is 6.20. The second kappa shape index (κ2) is 9.30. The molecule has 0 spiro atoms. The summed E-state index contributed by atoms with van der Waals surface area (Å²) in [5.41, 5.74) is 2.92. The molecule has 1 rings (SSSR count). The average Bonchev–Trinajstić information content (AvgIpc) is 2.52. The van der Waals surface area contributed by atoms with Crippen LogP contribution in [0.3, 0.4) is 0 Å².